The van der Waals surface area contributed by atoms with Crippen LogP contribution in [-0.2, 0) is 9.59 Å². The number of hydrogen-bond acceptors (Lipinski definition) is 3. The van der Waals surface area contributed by atoms with Gasteiger partial charge in [0, 0.05) is 14.1 Å². The SMILES string of the molecule is CN1C(=O)C(=Cc2ccc(-c3ccccc3)cc2)C(=O)N(C)C1=O. The Kier molecular flexibility index (Phi) is 4.00. The number of nitrogens with zero attached hydrogens (tertiary/aromatic N) is 2. The van der Waals surface area contributed by atoms with Gasteiger partial charge in [-0.05, 0) is 22.8 Å². The van der Waals surface area contributed by atoms with E-state index in [0.717, 1.165) is 26.5 Å². The Morgan fingerprint density at radius 2 is 1.21 bits per heavy atom. The van der Waals surface area contributed by atoms with E-state index in [1.54, 1.807) is 0 Å². The number of rotatable bonds is 2. The van der Waals surface area contributed by atoms with E-state index in [-0.39, 0.29) is 5.57 Å². The highest BCUT2D eigenvalue weighted by molar-refractivity contribution is 6.30. The Balaban J connectivity index is 1.92. The fourth-order valence-corrected chi connectivity index (χ4v) is 2.54. The van der Waals surface area contributed by atoms with Gasteiger partial charge in [-0.25, -0.2) is 4.79 Å². The summed E-state index contributed by atoms with van der Waals surface area (Å²) in [4.78, 5) is 37.9. The molecule has 0 spiro atoms. The van der Waals surface area contributed by atoms with E-state index >= 15 is 0 Å². The summed E-state index contributed by atoms with van der Waals surface area (Å²) < 4.78 is 0. The number of carbonyl (C=O) groups excluding carboxylic acids is 3. The van der Waals surface area contributed by atoms with Crippen molar-refractivity contribution in [1.29, 1.82) is 0 Å². The lowest BCUT2D eigenvalue weighted by Crippen LogP contribution is -2.52. The Morgan fingerprint density at radius 1 is 0.708 bits per heavy atom. The average Bonchev–Trinajstić information content (AvgIpc) is 2.63. The highest BCUT2D eigenvalue weighted by Gasteiger charge is 2.37. The first-order valence-electron chi connectivity index (χ1n) is 7.46. The maximum Gasteiger partial charge on any atom is 0.333 e. The summed E-state index contributed by atoms with van der Waals surface area (Å²) in [5.41, 5.74) is 2.84. The highest BCUT2D eigenvalue weighted by Crippen LogP contribution is 2.22. The first kappa shape index (κ1) is 15.7. The summed E-state index contributed by atoms with van der Waals surface area (Å²) in [6, 6.07) is 16.8. The predicted molar refractivity (Wildman–Crippen MR) is 90.8 cm³/mol. The van der Waals surface area contributed by atoms with Crippen molar-refractivity contribution >= 4 is 23.9 Å². The Labute approximate surface area is 139 Å². The van der Waals surface area contributed by atoms with E-state index in [2.05, 4.69) is 0 Å². The monoisotopic (exact) mass is 320 g/mol. The summed E-state index contributed by atoms with van der Waals surface area (Å²) in [6.45, 7) is 0. The van der Waals surface area contributed by atoms with Crippen molar-refractivity contribution in [1.82, 2.24) is 9.80 Å². The minimum absolute atomic E-state index is 0.0212. The van der Waals surface area contributed by atoms with Gasteiger partial charge in [-0.3, -0.25) is 19.4 Å². The first-order chi connectivity index (χ1) is 11.5. The van der Waals surface area contributed by atoms with Gasteiger partial charge < -0.3 is 0 Å². The van der Waals surface area contributed by atoms with Crippen molar-refractivity contribution in [3.8, 4) is 11.1 Å². The molecule has 0 atom stereocenters. The molecule has 0 N–H and O–H groups in total. The van der Waals surface area contributed by atoms with Gasteiger partial charge in [0.15, 0.2) is 0 Å². The predicted octanol–water partition coefficient (Wildman–Crippen LogP) is 2.79. The first-order valence-corrected chi connectivity index (χ1v) is 7.46. The summed E-state index contributed by atoms with van der Waals surface area (Å²) in [7, 11) is 2.72. The molecule has 0 aliphatic carbocycles. The molecular formula is C19H16N2O3. The second-order valence-electron chi connectivity index (χ2n) is 5.56. The molecular weight excluding hydrogens is 304 g/mol. The van der Waals surface area contributed by atoms with Crippen LogP contribution in [0.3, 0.4) is 0 Å². The maximum absolute atomic E-state index is 12.2. The topological polar surface area (TPSA) is 57.7 Å². The van der Waals surface area contributed by atoms with Crippen molar-refractivity contribution in [3.05, 3.63) is 65.7 Å². The molecule has 1 saturated heterocycles. The van der Waals surface area contributed by atoms with E-state index in [0.29, 0.717) is 0 Å². The Bertz CT molecular complexity index is 813. The molecule has 4 amide bonds. The molecule has 1 heterocycles. The van der Waals surface area contributed by atoms with E-state index in [9.17, 15) is 14.4 Å². The second-order valence-corrected chi connectivity index (χ2v) is 5.56. The third-order valence-electron chi connectivity index (χ3n) is 3.97. The number of hydrogen-bond donors (Lipinski definition) is 0. The van der Waals surface area contributed by atoms with Crippen molar-refractivity contribution in [3.63, 3.8) is 0 Å². The molecule has 120 valence electrons. The number of benzene rings is 2. The molecule has 1 aliphatic rings. The molecule has 3 rings (SSSR count). The smallest absolute Gasteiger partial charge is 0.268 e. The zero-order valence-corrected chi connectivity index (χ0v) is 13.4. The Hall–Kier alpha value is -3.21. The van der Waals surface area contributed by atoms with Gasteiger partial charge in [0.05, 0.1) is 0 Å². The number of barbiturate groups is 1. The van der Waals surface area contributed by atoms with Gasteiger partial charge in [-0.15, -0.1) is 0 Å². The standard InChI is InChI=1S/C19H16N2O3/c1-20-17(22)16(18(23)21(2)19(20)24)12-13-8-10-15(11-9-13)14-6-4-3-5-7-14/h3-12H,1-2H3. The van der Waals surface area contributed by atoms with Crippen LogP contribution in [0.1, 0.15) is 5.56 Å². The number of imide groups is 2. The number of carbonyl (C=O) groups is 3. The Morgan fingerprint density at radius 3 is 1.75 bits per heavy atom. The molecule has 0 aromatic heterocycles. The van der Waals surface area contributed by atoms with Crippen LogP contribution in [0.4, 0.5) is 4.79 Å². The molecule has 24 heavy (non-hydrogen) atoms. The van der Waals surface area contributed by atoms with Crippen molar-refractivity contribution in [2.24, 2.45) is 0 Å². The van der Waals surface area contributed by atoms with E-state index in [4.69, 9.17) is 0 Å². The van der Waals surface area contributed by atoms with E-state index in [1.165, 1.54) is 20.2 Å². The van der Waals surface area contributed by atoms with Gasteiger partial charge >= 0.3 is 6.03 Å². The minimum atomic E-state index is -0.624. The van der Waals surface area contributed by atoms with Gasteiger partial charge in [-0.2, -0.15) is 0 Å². The fourth-order valence-electron chi connectivity index (χ4n) is 2.54. The lowest BCUT2D eigenvalue weighted by Gasteiger charge is -2.28. The normalized spacial score (nSPS) is 15.1. The molecule has 2 aromatic carbocycles. The molecule has 0 unspecified atom stereocenters. The summed E-state index contributed by atoms with van der Waals surface area (Å²) in [6.07, 6.45) is 1.51. The van der Waals surface area contributed by atoms with Crippen molar-refractivity contribution < 1.29 is 14.4 Å². The van der Waals surface area contributed by atoms with Crippen LogP contribution >= 0.6 is 0 Å². The van der Waals surface area contributed by atoms with Gasteiger partial charge in [0.2, 0.25) is 0 Å². The van der Waals surface area contributed by atoms with Crippen LogP contribution in [0, 0.1) is 0 Å². The molecule has 0 bridgehead atoms. The fraction of sp³-hybridized carbons (Fsp3) is 0.105. The van der Waals surface area contributed by atoms with Gasteiger partial charge in [0.25, 0.3) is 11.8 Å². The lowest BCUT2D eigenvalue weighted by molar-refractivity contribution is -0.134. The van der Waals surface area contributed by atoms with Crippen molar-refractivity contribution in [2.75, 3.05) is 14.1 Å². The summed E-state index contributed by atoms with van der Waals surface area (Å²) >= 11 is 0. The molecule has 1 fully saturated rings. The molecule has 5 heteroatoms. The summed E-state index contributed by atoms with van der Waals surface area (Å²) in [5, 5.41) is 0. The number of amides is 4. The van der Waals surface area contributed by atoms with Crippen LogP contribution < -0.4 is 0 Å². The number of urea groups is 1. The highest BCUT2D eigenvalue weighted by atomic mass is 16.2. The van der Waals surface area contributed by atoms with Crippen LogP contribution in [-0.4, -0.2) is 41.7 Å². The maximum atomic E-state index is 12.2. The number of likely N-dealkylation sites (N-methyl/N-ethyl adjacent to an activating group) is 2. The molecule has 2 aromatic rings. The zero-order valence-electron chi connectivity index (χ0n) is 13.4. The quantitative estimate of drug-likeness (QED) is 0.631. The average molecular weight is 320 g/mol. The third-order valence-corrected chi connectivity index (χ3v) is 3.97. The van der Waals surface area contributed by atoms with Crippen LogP contribution in [0.15, 0.2) is 60.2 Å². The van der Waals surface area contributed by atoms with Crippen molar-refractivity contribution in [2.45, 2.75) is 0 Å². The largest absolute Gasteiger partial charge is 0.333 e. The summed E-state index contributed by atoms with van der Waals surface area (Å²) in [5.74, 6) is -1.18. The second kappa shape index (κ2) is 6.12. The molecule has 1 aliphatic heterocycles. The molecule has 0 radical (unpaired) electrons. The lowest BCUT2D eigenvalue weighted by atomic mass is 10.0. The van der Waals surface area contributed by atoms with Crippen LogP contribution in [0.5, 0.6) is 0 Å². The van der Waals surface area contributed by atoms with Gasteiger partial charge in [0.1, 0.15) is 5.57 Å². The van der Waals surface area contributed by atoms with E-state index < -0.39 is 17.8 Å². The molecule has 0 saturated carbocycles. The van der Waals surface area contributed by atoms with Crippen LogP contribution in [0.25, 0.3) is 17.2 Å². The van der Waals surface area contributed by atoms with E-state index in [1.807, 2.05) is 54.6 Å². The minimum Gasteiger partial charge on any atom is -0.268 e. The third kappa shape index (κ3) is 2.72. The van der Waals surface area contributed by atoms with Gasteiger partial charge in [-0.1, -0.05) is 54.6 Å². The molecule has 5 nitrogen and oxygen atoms in total. The zero-order chi connectivity index (χ0) is 17.3. The van der Waals surface area contributed by atoms with Crippen LogP contribution in [0.2, 0.25) is 0 Å².